The molecule has 0 saturated heterocycles. The normalized spacial score (nSPS) is 14.0. The van der Waals surface area contributed by atoms with Crippen LogP contribution in [0.15, 0.2) is 0 Å². The summed E-state index contributed by atoms with van der Waals surface area (Å²) in [6.07, 6.45) is 0.539. The summed E-state index contributed by atoms with van der Waals surface area (Å²) in [5, 5.41) is 9.52. The molecule has 0 heterocycles. The van der Waals surface area contributed by atoms with Gasteiger partial charge in [-0.15, -0.1) is 0 Å². The van der Waals surface area contributed by atoms with Crippen molar-refractivity contribution in [1.82, 2.24) is 0 Å². The van der Waals surface area contributed by atoms with Crippen LogP contribution < -0.4 is 0 Å². The first kappa shape index (κ1) is 14.9. The van der Waals surface area contributed by atoms with E-state index in [9.17, 15) is 14.7 Å². The number of hydrogen-bond acceptors (Lipinski definition) is 6. The monoisotopic (exact) mass is 234 g/mol. The van der Waals surface area contributed by atoms with Crippen LogP contribution in [0.1, 0.15) is 26.7 Å². The van der Waals surface area contributed by atoms with Gasteiger partial charge in [-0.05, 0) is 13.3 Å². The minimum atomic E-state index is -1.97. The average molecular weight is 234 g/mol. The van der Waals surface area contributed by atoms with E-state index in [1.807, 2.05) is 0 Å². The van der Waals surface area contributed by atoms with Crippen LogP contribution in [0.2, 0.25) is 0 Å². The molecule has 6 nitrogen and oxygen atoms in total. The van der Waals surface area contributed by atoms with E-state index >= 15 is 0 Å². The third kappa shape index (κ3) is 5.67. The van der Waals surface area contributed by atoms with Crippen LogP contribution in [0.4, 0.5) is 0 Å². The van der Waals surface area contributed by atoms with Crippen LogP contribution in [-0.4, -0.2) is 43.2 Å². The van der Waals surface area contributed by atoms with Crippen LogP contribution in [0.25, 0.3) is 0 Å². The van der Waals surface area contributed by atoms with Crippen LogP contribution in [0, 0.1) is 0 Å². The van der Waals surface area contributed by atoms with E-state index in [1.54, 1.807) is 6.92 Å². The van der Waals surface area contributed by atoms with Crippen molar-refractivity contribution in [2.45, 2.75) is 32.5 Å². The molecule has 0 amide bonds. The van der Waals surface area contributed by atoms with Gasteiger partial charge in [0.05, 0.1) is 20.3 Å². The zero-order valence-electron chi connectivity index (χ0n) is 9.82. The molecular formula is C10H18O6. The highest BCUT2D eigenvalue weighted by molar-refractivity contribution is 5.76. The van der Waals surface area contributed by atoms with Crippen LogP contribution in [0.5, 0.6) is 0 Å². The van der Waals surface area contributed by atoms with Gasteiger partial charge in [-0.1, -0.05) is 0 Å². The molecule has 0 aromatic carbocycles. The second kappa shape index (κ2) is 7.19. The molecule has 0 aromatic heterocycles. The number of rotatable bonds is 7. The lowest BCUT2D eigenvalue weighted by Crippen LogP contribution is -2.40. The Morgan fingerprint density at radius 2 is 2.00 bits per heavy atom. The van der Waals surface area contributed by atoms with Gasteiger partial charge in [-0.3, -0.25) is 4.79 Å². The first-order valence-corrected chi connectivity index (χ1v) is 5.04. The topological polar surface area (TPSA) is 82.1 Å². The second-order valence-corrected chi connectivity index (χ2v) is 3.23. The summed E-state index contributed by atoms with van der Waals surface area (Å²) in [6, 6.07) is 0. The molecule has 16 heavy (non-hydrogen) atoms. The predicted octanol–water partition coefficient (Wildman–Crippen LogP) is 0.228. The Bertz CT molecular complexity index is 235. The van der Waals surface area contributed by atoms with Crippen LogP contribution in [0.3, 0.4) is 0 Å². The maximum absolute atomic E-state index is 11.2. The summed E-state index contributed by atoms with van der Waals surface area (Å²) in [4.78, 5) is 21.9. The van der Waals surface area contributed by atoms with Gasteiger partial charge in [-0.2, -0.15) is 0 Å². The van der Waals surface area contributed by atoms with Gasteiger partial charge >= 0.3 is 11.9 Å². The zero-order valence-corrected chi connectivity index (χ0v) is 9.82. The first-order chi connectivity index (χ1) is 7.44. The van der Waals surface area contributed by atoms with Gasteiger partial charge in [-0.25, -0.2) is 4.79 Å². The summed E-state index contributed by atoms with van der Waals surface area (Å²) in [5.41, 5.74) is 0. The lowest BCUT2D eigenvalue weighted by Gasteiger charge is -2.21. The molecule has 0 spiro atoms. The molecule has 0 aromatic rings. The smallest absolute Gasteiger partial charge is 0.366 e. The van der Waals surface area contributed by atoms with E-state index in [1.165, 1.54) is 14.0 Å². The highest BCUT2D eigenvalue weighted by Crippen LogP contribution is 2.09. The Hall–Kier alpha value is -1.14. The van der Waals surface area contributed by atoms with Gasteiger partial charge < -0.3 is 19.3 Å². The van der Waals surface area contributed by atoms with Crippen molar-refractivity contribution in [3.63, 3.8) is 0 Å². The Morgan fingerprint density at radius 1 is 1.38 bits per heavy atom. The van der Waals surface area contributed by atoms with E-state index in [0.29, 0.717) is 6.42 Å². The fourth-order valence-corrected chi connectivity index (χ4v) is 0.913. The fraction of sp³-hybridized carbons (Fsp3) is 0.800. The molecule has 1 atom stereocenters. The zero-order chi connectivity index (χ0) is 12.6. The molecule has 0 aliphatic rings. The number of methoxy groups -OCH3 is 1. The fourth-order valence-electron chi connectivity index (χ4n) is 0.913. The lowest BCUT2D eigenvalue weighted by atomic mass is 10.3. The molecule has 0 rings (SSSR count). The number of carbonyl (C=O) groups is 2. The summed E-state index contributed by atoms with van der Waals surface area (Å²) in [6.45, 7) is 3.07. The highest BCUT2D eigenvalue weighted by atomic mass is 16.7. The van der Waals surface area contributed by atoms with Crippen LogP contribution >= 0.6 is 0 Å². The van der Waals surface area contributed by atoms with Gasteiger partial charge in [0.2, 0.25) is 0 Å². The van der Waals surface area contributed by atoms with Crippen molar-refractivity contribution in [3.8, 4) is 0 Å². The van der Waals surface area contributed by atoms with E-state index in [2.05, 4.69) is 9.47 Å². The number of ether oxygens (including phenoxy) is 3. The highest BCUT2D eigenvalue weighted by Gasteiger charge is 2.32. The molecule has 0 bridgehead atoms. The molecule has 0 aliphatic carbocycles. The van der Waals surface area contributed by atoms with E-state index < -0.39 is 11.8 Å². The maximum atomic E-state index is 11.2. The third-order valence-electron chi connectivity index (χ3n) is 1.79. The molecule has 1 unspecified atom stereocenters. The molecule has 0 radical (unpaired) electrons. The molecule has 94 valence electrons. The standard InChI is InChI=1S/C10H18O6/c1-4-15-9(12)10(2,13)16-7-5-6-8(11)14-3/h13H,4-7H2,1-3H3. The number of hydrogen-bond donors (Lipinski definition) is 1. The largest absolute Gasteiger partial charge is 0.469 e. The minimum absolute atomic E-state index is 0.0704. The van der Waals surface area contributed by atoms with E-state index in [4.69, 9.17) is 4.74 Å². The van der Waals surface area contributed by atoms with Crippen molar-refractivity contribution in [2.24, 2.45) is 0 Å². The van der Waals surface area contributed by atoms with Crippen molar-refractivity contribution >= 4 is 11.9 Å². The number of esters is 2. The summed E-state index contributed by atoms with van der Waals surface area (Å²) in [5.74, 6) is -3.17. The van der Waals surface area contributed by atoms with Crippen molar-refractivity contribution in [2.75, 3.05) is 20.3 Å². The number of carbonyl (C=O) groups excluding carboxylic acids is 2. The van der Waals surface area contributed by atoms with Crippen molar-refractivity contribution in [1.29, 1.82) is 0 Å². The predicted molar refractivity (Wildman–Crippen MR) is 54.5 cm³/mol. The molecular weight excluding hydrogens is 216 g/mol. The Morgan fingerprint density at radius 3 is 2.50 bits per heavy atom. The van der Waals surface area contributed by atoms with Gasteiger partial charge in [0, 0.05) is 13.3 Å². The van der Waals surface area contributed by atoms with E-state index in [-0.39, 0.29) is 25.6 Å². The summed E-state index contributed by atoms with van der Waals surface area (Å²) in [7, 11) is 1.29. The van der Waals surface area contributed by atoms with Gasteiger partial charge in [0.1, 0.15) is 0 Å². The first-order valence-electron chi connectivity index (χ1n) is 5.04. The summed E-state index contributed by atoms with van der Waals surface area (Å²) >= 11 is 0. The average Bonchev–Trinajstić information content (AvgIpc) is 2.24. The minimum Gasteiger partial charge on any atom is -0.469 e. The SMILES string of the molecule is CCOC(=O)C(C)(O)OCCCC(=O)OC. The Labute approximate surface area is 94.5 Å². The molecule has 0 fully saturated rings. The van der Waals surface area contributed by atoms with Crippen molar-refractivity contribution in [3.05, 3.63) is 0 Å². The van der Waals surface area contributed by atoms with E-state index in [0.717, 1.165) is 0 Å². The molecule has 6 heteroatoms. The maximum Gasteiger partial charge on any atom is 0.366 e. The third-order valence-corrected chi connectivity index (χ3v) is 1.79. The molecule has 1 N–H and O–H groups in total. The van der Waals surface area contributed by atoms with Crippen molar-refractivity contribution < 1.29 is 28.9 Å². The quantitative estimate of drug-likeness (QED) is 0.385. The summed E-state index contributed by atoms with van der Waals surface area (Å²) < 4.78 is 13.9. The Kier molecular flexibility index (Phi) is 6.67. The van der Waals surface area contributed by atoms with Gasteiger partial charge in [0.15, 0.2) is 0 Å². The van der Waals surface area contributed by atoms with Crippen LogP contribution in [-0.2, 0) is 23.8 Å². The lowest BCUT2D eigenvalue weighted by molar-refractivity contribution is -0.221. The van der Waals surface area contributed by atoms with Gasteiger partial charge in [0.25, 0.3) is 5.79 Å². The second-order valence-electron chi connectivity index (χ2n) is 3.23. The number of aliphatic hydroxyl groups is 1. The molecule has 0 saturated carbocycles. The molecule has 0 aliphatic heterocycles. The Balaban J connectivity index is 3.82.